The third-order valence-electron chi connectivity index (χ3n) is 3.09. The summed E-state index contributed by atoms with van der Waals surface area (Å²) in [6.45, 7) is 1.89. The number of amides is 1. The van der Waals surface area contributed by atoms with Crippen molar-refractivity contribution in [3.05, 3.63) is 52.2 Å². The Kier molecular flexibility index (Phi) is 1.60. The molecule has 0 fully saturated rings. The van der Waals surface area contributed by atoms with E-state index >= 15 is 0 Å². The molecule has 2 aliphatic rings. The number of benzene rings is 1. The largest absolute Gasteiger partial charge is 0.322 e. The zero-order valence-corrected chi connectivity index (χ0v) is 8.50. The number of hydrogen-bond acceptors (Lipinski definition) is 1. The van der Waals surface area contributed by atoms with Crippen LogP contribution >= 0.6 is 0 Å². The van der Waals surface area contributed by atoms with Gasteiger partial charge in [0.15, 0.2) is 0 Å². The van der Waals surface area contributed by atoms with Crippen molar-refractivity contribution in [1.82, 2.24) is 5.32 Å². The summed E-state index contributed by atoms with van der Waals surface area (Å²) in [4.78, 5) is 11.5. The van der Waals surface area contributed by atoms with Gasteiger partial charge in [0.1, 0.15) is 0 Å². The first kappa shape index (κ1) is 8.48. The number of rotatable bonds is 0. The molecule has 0 unspecified atom stereocenters. The van der Waals surface area contributed by atoms with Gasteiger partial charge in [0.05, 0.1) is 0 Å². The fourth-order valence-corrected chi connectivity index (χ4v) is 2.16. The second-order valence-electron chi connectivity index (χ2n) is 3.99. The predicted octanol–water partition coefficient (Wildman–Crippen LogP) is 2.03. The quantitative estimate of drug-likeness (QED) is 0.677. The minimum Gasteiger partial charge on any atom is -0.322 e. The molecular weight excluding hydrogens is 186 g/mol. The molecule has 0 saturated carbocycles. The third-order valence-corrected chi connectivity index (χ3v) is 3.09. The Bertz CT molecular complexity index is 523. The molecule has 2 heteroatoms. The van der Waals surface area contributed by atoms with Gasteiger partial charge in [-0.05, 0) is 29.7 Å². The van der Waals surface area contributed by atoms with Crippen molar-refractivity contribution in [3.63, 3.8) is 0 Å². The van der Waals surface area contributed by atoms with Crippen LogP contribution in [0.25, 0.3) is 6.08 Å². The van der Waals surface area contributed by atoms with Crippen LogP contribution in [-0.4, -0.2) is 5.91 Å². The van der Waals surface area contributed by atoms with Gasteiger partial charge in [-0.2, -0.15) is 0 Å². The number of carbonyl (C=O) groups is 1. The average Bonchev–Trinajstić information content (AvgIpc) is 2.52. The molecule has 1 amide bonds. The second-order valence-corrected chi connectivity index (χ2v) is 3.99. The molecule has 2 nitrogen and oxygen atoms in total. The summed E-state index contributed by atoms with van der Waals surface area (Å²) < 4.78 is 0. The summed E-state index contributed by atoms with van der Waals surface area (Å²) in [5.74, 6) is 0.0454. The summed E-state index contributed by atoms with van der Waals surface area (Å²) in [5, 5.41) is 2.89. The molecule has 1 aromatic carbocycles. The van der Waals surface area contributed by atoms with Gasteiger partial charge in [0.2, 0.25) is 0 Å². The van der Waals surface area contributed by atoms with Gasteiger partial charge in [-0.3, -0.25) is 4.79 Å². The Morgan fingerprint density at radius 3 is 2.93 bits per heavy atom. The summed E-state index contributed by atoms with van der Waals surface area (Å²) in [7, 11) is 0. The van der Waals surface area contributed by atoms with Crippen LogP contribution in [0.4, 0.5) is 0 Å². The molecule has 0 spiro atoms. The van der Waals surface area contributed by atoms with E-state index in [-0.39, 0.29) is 5.91 Å². The van der Waals surface area contributed by atoms with E-state index in [1.807, 2.05) is 19.1 Å². The molecule has 0 aromatic heterocycles. The van der Waals surface area contributed by atoms with Crippen LogP contribution in [0.3, 0.4) is 0 Å². The highest BCUT2D eigenvalue weighted by atomic mass is 16.1. The highest BCUT2D eigenvalue weighted by molar-refractivity contribution is 6.01. The Hall–Kier alpha value is -1.83. The lowest BCUT2D eigenvalue weighted by Crippen LogP contribution is -2.16. The SMILES string of the molecule is CC1=C2Cc3ccccc3C=C2NC1=O. The van der Waals surface area contributed by atoms with Crippen LogP contribution in [0.1, 0.15) is 18.1 Å². The number of nitrogens with one attached hydrogen (secondary N) is 1. The van der Waals surface area contributed by atoms with Crippen LogP contribution in [0.5, 0.6) is 0 Å². The highest BCUT2D eigenvalue weighted by Gasteiger charge is 2.26. The Morgan fingerprint density at radius 1 is 1.27 bits per heavy atom. The van der Waals surface area contributed by atoms with Gasteiger partial charge in [-0.25, -0.2) is 0 Å². The fourth-order valence-electron chi connectivity index (χ4n) is 2.16. The van der Waals surface area contributed by atoms with E-state index in [0.29, 0.717) is 0 Å². The normalized spacial score (nSPS) is 18.2. The van der Waals surface area contributed by atoms with Crippen LogP contribution in [0.15, 0.2) is 41.1 Å². The lowest BCUT2D eigenvalue weighted by molar-refractivity contribution is -0.116. The van der Waals surface area contributed by atoms with E-state index in [1.165, 1.54) is 11.1 Å². The lowest BCUT2D eigenvalue weighted by Gasteiger charge is -2.15. The standard InChI is InChI=1S/C13H11NO/c1-8-11-6-9-4-2-3-5-10(9)7-12(11)14-13(8)15/h2-5,7H,6H2,1H3,(H,14,15). The smallest absolute Gasteiger partial charge is 0.251 e. The number of hydrogen-bond donors (Lipinski definition) is 1. The monoisotopic (exact) mass is 197 g/mol. The number of fused-ring (bicyclic) bond motifs is 2. The number of allylic oxidation sites excluding steroid dienone is 1. The van der Waals surface area contributed by atoms with E-state index in [1.54, 1.807) is 0 Å². The van der Waals surface area contributed by atoms with E-state index in [9.17, 15) is 4.79 Å². The molecule has 1 heterocycles. The van der Waals surface area contributed by atoms with Crippen molar-refractivity contribution in [2.75, 3.05) is 0 Å². The predicted molar refractivity (Wildman–Crippen MR) is 59.0 cm³/mol. The van der Waals surface area contributed by atoms with Gasteiger partial charge in [0.25, 0.3) is 5.91 Å². The summed E-state index contributed by atoms with van der Waals surface area (Å²) >= 11 is 0. The van der Waals surface area contributed by atoms with Crippen LogP contribution in [0.2, 0.25) is 0 Å². The van der Waals surface area contributed by atoms with Crippen LogP contribution < -0.4 is 5.32 Å². The minimum atomic E-state index is 0.0454. The molecule has 0 bridgehead atoms. The van der Waals surface area contributed by atoms with E-state index in [2.05, 4.69) is 23.5 Å². The Labute approximate surface area is 88.3 Å². The first-order valence-electron chi connectivity index (χ1n) is 5.07. The maximum Gasteiger partial charge on any atom is 0.251 e. The fraction of sp³-hybridized carbons (Fsp3) is 0.154. The van der Waals surface area contributed by atoms with Crippen molar-refractivity contribution in [3.8, 4) is 0 Å². The van der Waals surface area contributed by atoms with E-state index in [4.69, 9.17) is 0 Å². The molecule has 0 saturated heterocycles. The highest BCUT2D eigenvalue weighted by Crippen LogP contribution is 2.31. The molecule has 0 radical (unpaired) electrons. The zero-order chi connectivity index (χ0) is 10.4. The Morgan fingerprint density at radius 2 is 2.07 bits per heavy atom. The maximum atomic E-state index is 11.5. The molecule has 1 aromatic rings. The average molecular weight is 197 g/mol. The van der Waals surface area contributed by atoms with Gasteiger partial charge >= 0.3 is 0 Å². The van der Waals surface area contributed by atoms with Crippen LogP contribution in [0, 0.1) is 0 Å². The van der Waals surface area contributed by atoms with Gasteiger partial charge in [-0.1, -0.05) is 24.3 Å². The van der Waals surface area contributed by atoms with Gasteiger partial charge in [-0.15, -0.1) is 0 Å². The molecule has 0 atom stereocenters. The number of carbonyl (C=O) groups excluding carboxylic acids is 1. The lowest BCUT2D eigenvalue weighted by atomic mass is 9.91. The summed E-state index contributed by atoms with van der Waals surface area (Å²) in [6.07, 6.45) is 2.93. The van der Waals surface area contributed by atoms with Gasteiger partial charge < -0.3 is 5.32 Å². The van der Waals surface area contributed by atoms with Gasteiger partial charge in [0, 0.05) is 17.7 Å². The molecule has 15 heavy (non-hydrogen) atoms. The molecule has 3 rings (SSSR count). The van der Waals surface area contributed by atoms with Crippen molar-refractivity contribution in [2.24, 2.45) is 0 Å². The summed E-state index contributed by atoms with van der Waals surface area (Å²) in [6, 6.07) is 8.26. The van der Waals surface area contributed by atoms with Crippen molar-refractivity contribution in [2.45, 2.75) is 13.3 Å². The van der Waals surface area contributed by atoms with E-state index < -0.39 is 0 Å². The van der Waals surface area contributed by atoms with Crippen molar-refractivity contribution >= 4 is 12.0 Å². The second kappa shape index (κ2) is 2.83. The molecule has 1 aliphatic heterocycles. The van der Waals surface area contributed by atoms with E-state index in [0.717, 1.165) is 23.3 Å². The zero-order valence-electron chi connectivity index (χ0n) is 8.50. The summed E-state index contributed by atoms with van der Waals surface area (Å²) in [5.41, 5.74) is 5.50. The first-order valence-corrected chi connectivity index (χ1v) is 5.07. The molecular formula is C13H11NO. The first-order chi connectivity index (χ1) is 7.25. The van der Waals surface area contributed by atoms with Crippen molar-refractivity contribution in [1.29, 1.82) is 0 Å². The molecule has 1 aliphatic carbocycles. The Balaban J connectivity index is 2.19. The third kappa shape index (κ3) is 1.14. The topological polar surface area (TPSA) is 29.1 Å². The van der Waals surface area contributed by atoms with Crippen molar-refractivity contribution < 1.29 is 4.79 Å². The molecule has 1 N–H and O–H groups in total. The minimum absolute atomic E-state index is 0.0454. The van der Waals surface area contributed by atoms with Crippen LogP contribution in [-0.2, 0) is 11.2 Å². The molecule has 74 valence electrons. The maximum absolute atomic E-state index is 11.5.